The van der Waals surface area contributed by atoms with Gasteiger partial charge in [-0.2, -0.15) is 0 Å². The molecule has 0 aliphatic carbocycles. The lowest BCUT2D eigenvalue weighted by Gasteiger charge is -2.28. The molecule has 0 aromatic heterocycles. The molecule has 5 amide bonds. The van der Waals surface area contributed by atoms with E-state index in [1.165, 1.54) is 12.1 Å². The Balaban J connectivity index is 2.44. The van der Waals surface area contributed by atoms with Crippen LogP contribution in [0.1, 0.15) is 78.9 Å². The van der Waals surface area contributed by atoms with Gasteiger partial charge in [0.25, 0.3) is 0 Å². The summed E-state index contributed by atoms with van der Waals surface area (Å²) in [6.45, 7) is 11.7. The molecule has 8 N–H and O–H groups in total. The molecular formula is C39H55N5O11. The number of nitrogens with one attached hydrogen (secondary N) is 5. The molecule has 0 saturated heterocycles. The van der Waals surface area contributed by atoms with E-state index >= 15 is 0 Å². The van der Waals surface area contributed by atoms with Gasteiger partial charge in [-0.3, -0.25) is 24.0 Å². The predicted molar refractivity (Wildman–Crippen MR) is 202 cm³/mol. The molecule has 55 heavy (non-hydrogen) atoms. The van der Waals surface area contributed by atoms with Crippen LogP contribution < -0.4 is 26.6 Å². The number of carbonyl (C=O) groups excluding carboxylic acids is 5. The van der Waals surface area contributed by atoms with Crippen molar-refractivity contribution in [2.45, 2.75) is 116 Å². The van der Waals surface area contributed by atoms with Crippen LogP contribution in [0.15, 0.2) is 54.6 Å². The first kappa shape index (κ1) is 45.5. The van der Waals surface area contributed by atoms with Gasteiger partial charge >= 0.3 is 18.0 Å². The fourth-order valence-corrected chi connectivity index (χ4v) is 5.41. The quantitative estimate of drug-likeness (QED) is 0.0972. The molecule has 0 unspecified atom stereocenters. The number of hydrogen-bond donors (Lipinski definition) is 8. The number of carboxylic acid groups (broad SMARTS) is 2. The maximum Gasteiger partial charge on any atom is 0.408 e. The first-order valence-corrected chi connectivity index (χ1v) is 18.1. The fraction of sp³-hybridized carbons (Fsp3) is 0.513. The van der Waals surface area contributed by atoms with E-state index in [9.17, 15) is 48.9 Å². The van der Waals surface area contributed by atoms with Crippen molar-refractivity contribution in [3.05, 3.63) is 65.7 Å². The molecule has 16 nitrogen and oxygen atoms in total. The SMILES string of the molecule is CC(C)C[C@H](NC(=O)[C@H](CCC(=O)O)NC(=O)OC(C)(C)C)C(=O)N[C@@H](Cc1ccccc1)C(=O)N[C@@H](Cc1ccc(O)cc1)C(=O)N[C@H](C(=O)O)C(C)C. The molecule has 0 heterocycles. The van der Waals surface area contributed by atoms with E-state index in [0.29, 0.717) is 11.1 Å². The summed E-state index contributed by atoms with van der Waals surface area (Å²) in [5.74, 6) is -6.34. The highest BCUT2D eigenvalue weighted by molar-refractivity contribution is 5.96. The average Bonchev–Trinajstić information content (AvgIpc) is 3.07. The van der Waals surface area contributed by atoms with Gasteiger partial charge in [0.05, 0.1) is 0 Å². The van der Waals surface area contributed by atoms with Gasteiger partial charge in [0.1, 0.15) is 41.6 Å². The van der Waals surface area contributed by atoms with Gasteiger partial charge in [-0.05, 0) is 68.7 Å². The zero-order valence-electron chi connectivity index (χ0n) is 32.4. The minimum absolute atomic E-state index is 0.0259. The van der Waals surface area contributed by atoms with Crippen molar-refractivity contribution >= 4 is 41.7 Å². The minimum atomic E-state index is -1.38. The zero-order valence-corrected chi connectivity index (χ0v) is 32.4. The Morgan fingerprint density at radius 3 is 1.58 bits per heavy atom. The van der Waals surface area contributed by atoms with E-state index < -0.39 is 89.8 Å². The molecular weight excluding hydrogens is 714 g/mol. The first-order chi connectivity index (χ1) is 25.6. The number of aliphatic carboxylic acids is 2. The van der Waals surface area contributed by atoms with Gasteiger partial charge in [-0.1, -0.05) is 70.2 Å². The predicted octanol–water partition coefficient (Wildman–Crippen LogP) is 2.66. The number of phenols is 1. The number of carboxylic acids is 2. The van der Waals surface area contributed by atoms with Crippen molar-refractivity contribution in [3.8, 4) is 5.75 Å². The molecule has 2 aromatic rings. The standard InChI is InChI=1S/C39H55N5O11/c1-22(2)19-28(40-33(48)27(17-18-31(46)47)43-38(54)55-39(5,6)7)34(49)41-29(20-24-11-9-8-10-12-24)35(50)42-30(21-25-13-15-26(45)16-14-25)36(51)44-32(23(3)4)37(52)53/h8-16,22-23,27-30,32,45H,17-21H2,1-7H3,(H,40,48)(H,41,49)(H,42,50)(H,43,54)(H,44,51)(H,46,47)(H,52,53)/t27-,28-,29-,30-,32-/m0/s1. The molecule has 0 aliphatic rings. The normalized spacial score (nSPS) is 14.1. The second kappa shape index (κ2) is 21.3. The smallest absolute Gasteiger partial charge is 0.408 e. The summed E-state index contributed by atoms with van der Waals surface area (Å²) in [5.41, 5.74) is 0.270. The zero-order chi connectivity index (χ0) is 41.5. The summed E-state index contributed by atoms with van der Waals surface area (Å²) in [6.07, 6.45) is -1.79. The molecule has 16 heteroatoms. The van der Waals surface area contributed by atoms with E-state index in [4.69, 9.17) is 4.74 Å². The third-order valence-corrected chi connectivity index (χ3v) is 8.15. The van der Waals surface area contributed by atoms with Crippen molar-refractivity contribution in [1.82, 2.24) is 26.6 Å². The molecule has 5 atom stereocenters. The van der Waals surface area contributed by atoms with Gasteiger partial charge in [0.2, 0.25) is 23.6 Å². The number of amides is 5. The number of benzene rings is 2. The third-order valence-electron chi connectivity index (χ3n) is 8.15. The monoisotopic (exact) mass is 769 g/mol. The van der Waals surface area contributed by atoms with E-state index in [1.807, 2.05) is 0 Å². The van der Waals surface area contributed by atoms with E-state index in [0.717, 1.165) is 0 Å². The summed E-state index contributed by atoms with van der Waals surface area (Å²) in [6, 6.07) is 8.09. The van der Waals surface area contributed by atoms with Crippen LogP contribution in [0.5, 0.6) is 5.75 Å². The third kappa shape index (κ3) is 16.9. The van der Waals surface area contributed by atoms with Crippen LogP contribution in [-0.2, 0) is 46.3 Å². The highest BCUT2D eigenvalue weighted by Crippen LogP contribution is 2.14. The Hall–Kier alpha value is -5.67. The molecule has 2 aromatic carbocycles. The summed E-state index contributed by atoms with van der Waals surface area (Å²) < 4.78 is 5.24. The number of alkyl carbamates (subject to hydrolysis) is 1. The van der Waals surface area contributed by atoms with Crippen LogP contribution >= 0.6 is 0 Å². The Morgan fingerprint density at radius 1 is 0.636 bits per heavy atom. The average molecular weight is 770 g/mol. The van der Waals surface area contributed by atoms with Crippen molar-refractivity contribution < 1.29 is 53.6 Å². The van der Waals surface area contributed by atoms with E-state index in [2.05, 4.69) is 26.6 Å². The number of rotatable bonds is 20. The summed E-state index contributed by atoms with van der Waals surface area (Å²) in [7, 11) is 0. The Morgan fingerprint density at radius 2 is 1.11 bits per heavy atom. The second-order valence-electron chi connectivity index (χ2n) is 15.1. The van der Waals surface area contributed by atoms with Crippen LogP contribution in [0, 0.1) is 11.8 Å². The highest BCUT2D eigenvalue weighted by atomic mass is 16.6. The van der Waals surface area contributed by atoms with Crippen molar-refractivity contribution in [1.29, 1.82) is 0 Å². The van der Waals surface area contributed by atoms with Crippen LogP contribution in [0.3, 0.4) is 0 Å². The van der Waals surface area contributed by atoms with Crippen molar-refractivity contribution in [2.24, 2.45) is 11.8 Å². The van der Waals surface area contributed by atoms with Gasteiger partial charge < -0.3 is 46.6 Å². The van der Waals surface area contributed by atoms with Crippen molar-refractivity contribution in [2.75, 3.05) is 0 Å². The topological polar surface area (TPSA) is 250 Å². The Bertz CT molecular complexity index is 1620. The van der Waals surface area contributed by atoms with Gasteiger partial charge in [-0.15, -0.1) is 0 Å². The molecule has 0 fully saturated rings. The number of aromatic hydroxyl groups is 1. The van der Waals surface area contributed by atoms with Crippen LogP contribution in [0.4, 0.5) is 4.79 Å². The summed E-state index contributed by atoms with van der Waals surface area (Å²) in [5, 5.41) is 41.6. The highest BCUT2D eigenvalue weighted by Gasteiger charge is 2.34. The van der Waals surface area contributed by atoms with Gasteiger partial charge in [0.15, 0.2) is 0 Å². The maximum atomic E-state index is 14.1. The van der Waals surface area contributed by atoms with Crippen LogP contribution in [0.25, 0.3) is 0 Å². The summed E-state index contributed by atoms with van der Waals surface area (Å²) >= 11 is 0. The number of phenolic OH excluding ortho intramolecular Hbond substituents is 1. The minimum Gasteiger partial charge on any atom is -0.508 e. The molecule has 0 bridgehead atoms. The van der Waals surface area contributed by atoms with Gasteiger partial charge in [0, 0.05) is 19.3 Å². The second-order valence-corrected chi connectivity index (χ2v) is 15.1. The summed E-state index contributed by atoms with van der Waals surface area (Å²) in [4.78, 5) is 91.0. The molecule has 0 saturated carbocycles. The molecule has 0 radical (unpaired) electrons. The lowest BCUT2D eigenvalue weighted by atomic mass is 9.99. The number of ether oxygens (including phenoxy) is 1. The first-order valence-electron chi connectivity index (χ1n) is 18.1. The molecule has 2 rings (SSSR count). The molecule has 0 aliphatic heterocycles. The van der Waals surface area contributed by atoms with Crippen LogP contribution in [-0.4, -0.2) is 92.8 Å². The van der Waals surface area contributed by atoms with Crippen molar-refractivity contribution in [3.63, 3.8) is 0 Å². The number of hydrogen-bond acceptors (Lipinski definition) is 9. The molecule has 302 valence electrons. The largest absolute Gasteiger partial charge is 0.508 e. The lowest BCUT2D eigenvalue weighted by molar-refractivity contribution is -0.143. The van der Waals surface area contributed by atoms with Crippen LogP contribution in [0.2, 0.25) is 0 Å². The van der Waals surface area contributed by atoms with E-state index in [-0.39, 0.29) is 37.4 Å². The fourth-order valence-electron chi connectivity index (χ4n) is 5.41. The lowest BCUT2D eigenvalue weighted by Crippen LogP contribution is -2.60. The maximum absolute atomic E-state index is 14.1. The van der Waals surface area contributed by atoms with Gasteiger partial charge in [-0.25, -0.2) is 9.59 Å². The number of carbonyl (C=O) groups is 7. The Kier molecular flexibility index (Phi) is 17.6. The molecule has 0 spiro atoms. The van der Waals surface area contributed by atoms with E-state index in [1.54, 1.807) is 90.9 Å². The Labute approximate surface area is 321 Å².